The molecule has 6 nitrogen and oxygen atoms in total. The van der Waals surface area contributed by atoms with E-state index in [2.05, 4.69) is 9.97 Å². The Morgan fingerprint density at radius 1 is 1.50 bits per heavy atom. The van der Waals surface area contributed by atoms with Crippen molar-refractivity contribution in [2.24, 2.45) is 7.05 Å². The molecule has 0 saturated carbocycles. The lowest BCUT2D eigenvalue weighted by Gasteiger charge is -2.17. The Labute approximate surface area is 105 Å². The molecule has 0 aliphatic heterocycles. The molecule has 0 bridgehead atoms. The fourth-order valence-corrected chi connectivity index (χ4v) is 1.90. The van der Waals surface area contributed by atoms with Crippen molar-refractivity contribution < 1.29 is 9.90 Å². The van der Waals surface area contributed by atoms with E-state index in [1.165, 1.54) is 0 Å². The maximum atomic E-state index is 10.5. The molecule has 0 radical (unpaired) electrons. The fraction of sp³-hybridized carbons (Fsp3) is 0.417. The fourth-order valence-electron chi connectivity index (χ4n) is 1.90. The molecule has 0 aliphatic carbocycles. The van der Waals surface area contributed by atoms with Gasteiger partial charge in [-0.25, -0.2) is 9.97 Å². The number of aryl methyl sites for hydroxylation is 1. The third-order valence-corrected chi connectivity index (χ3v) is 2.87. The zero-order chi connectivity index (χ0) is 13.1. The van der Waals surface area contributed by atoms with Crippen LogP contribution >= 0.6 is 0 Å². The molecule has 18 heavy (non-hydrogen) atoms. The molecule has 2 aromatic rings. The van der Waals surface area contributed by atoms with E-state index in [1.807, 2.05) is 29.6 Å². The monoisotopic (exact) mass is 248 g/mol. The molecule has 0 unspecified atom stereocenters. The standard InChI is InChI=1S/C12H16N4O2/c1-15(7-3-4-10(17)18)12-11-9(5-6-13-12)16(2)8-14-11/h5-6,8H,3-4,7H2,1-2H3,(H,17,18). The first-order valence-corrected chi connectivity index (χ1v) is 5.78. The molecule has 96 valence electrons. The highest BCUT2D eigenvalue weighted by molar-refractivity contribution is 5.86. The number of nitrogens with zero attached hydrogens (tertiary/aromatic N) is 4. The molecule has 2 heterocycles. The van der Waals surface area contributed by atoms with Crippen molar-refractivity contribution in [1.82, 2.24) is 14.5 Å². The lowest BCUT2D eigenvalue weighted by Crippen LogP contribution is -2.20. The number of anilines is 1. The Bertz CT molecular complexity index is 564. The van der Waals surface area contributed by atoms with Crippen LogP contribution in [0.4, 0.5) is 5.82 Å². The summed E-state index contributed by atoms with van der Waals surface area (Å²) >= 11 is 0. The van der Waals surface area contributed by atoms with Crippen LogP contribution in [0.1, 0.15) is 12.8 Å². The van der Waals surface area contributed by atoms with Gasteiger partial charge in [0.1, 0.15) is 5.52 Å². The first kappa shape index (κ1) is 12.3. The van der Waals surface area contributed by atoms with E-state index in [0.29, 0.717) is 13.0 Å². The highest BCUT2D eigenvalue weighted by Crippen LogP contribution is 2.21. The van der Waals surface area contributed by atoms with Crippen molar-refractivity contribution in [1.29, 1.82) is 0 Å². The molecule has 0 fully saturated rings. The topological polar surface area (TPSA) is 71.2 Å². The third kappa shape index (κ3) is 2.42. The maximum Gasteiger partial charge on any atom is 0.303 e. The van der Waals surface area contributed by atoms with Crippen molar-refractivity contribution in [3.63, 3.8) is 0 Å². The van der Waals surface area contributed by atoms with Gasteiger partial charge in [0.15, 0.2) is 5.82 Å². The summed E-state index contributed by atoms with van der Waals surface area (Å²) in [5.74, 6) is 0.0193. The van der Waals surface area contributed by atoms with Crippen LogP contribution < -0.4 is 4.90 Å². The third-order valence-electron chi connectivity index (χ3n) is 2.87. The minimum Gasteiger partial charge on any atom is -0.481 e. The summed E-state index contributed by atoms with van der Waals surface area (Å²) in [4.78, 5) is 21.1. The largest absolute Gasteiger partial charge is 0.481 e. The van der Waals surface area contributed by atoms with Crippen LogP contribution in [0.15, 0.2) is 18.6 Å². The Morgan fingerprint density at radius 3 is 3.00 bits per heavy atom. The molecule has 1 N–H and O–H groups in total. The highest BCUT2D eigenvalue weighted by atomic mass is 16.4. The summed E-state index contributed by atoms with van der Waals surface area (Å²) in [6.07, 6.45) is 4.26. The maximum absolute atomic E-state index is 10.5. The zero-order valence-electron chi connectivity index (χ0n) is 10.5. The number of imidazole rings is 1. The Hall–Kier alpha value is -2.11. The number of carboxylic acids is 1. The van der Waals surface area contributed by atoms with Gasteiger partial charge < -0.3 is 14.6 Å². The van der Waals surface area contributed by atoms with Gasteiger partial charge in [0.05, 0.1) is 11.8 Å². The SMILES string of the molecule is CN(CCCC(=O)O)c1nccc2c1ncn2C. The predicted molar refractivity (Wildman–Crippen MR) is 68.6 cm³/mol. The van der Waals surface area contributed by atoms with Crippen LogP contribution in [0.3, 0.4) is 0 Å². The average molecular weight is 248 g/mol. The van der Waals surface area contributed by atoms with Gasteiger partial charge in [-0.05, 0) is 12.5 Å². The molecular formula is C12H16N4O2. The lowest BCUT2D eigenvalue weighted by molar-refractivity contribution is -0.137. The van der Waals surface area contributed by atoms with E-state index in [4.69, 9.17) is 5.11 Å². The van der Waals surface area contributed by atoms with Crippen molar-refractivity contribution in [3.05, 3.63) is 18.6 Å². The van der Waals surface area contributed by atoms with Crippen LogP contribution in [0, 0.1) is 0 Å². The smallest absolute Gasteiger partial charge is 0.303 e. The summed E-state index contributed by atoms with van der Waals surface area (Å²) in [6, 6.07) is 1.91. The molecule has 6 heteroatoms. The molecule has 0 atom stereocenters. The van der Waals surface area contributed by atoms with Gasteiger partial charge in [-0.15, -0.1) is 0 Å². The number of aromatic nitrogens is 3. The minimum absolute atomic E-state index is 0.169. The molecule has 0 saturated heterocycles. The van der Waals surface area contributed by atoms with E-state index < -0.39 is 5.97 Å². The van der Waals surface area contributed by atoms with E-state index >= 15 is 0 Å². The van der Waals surface area contributed by atoms with E-state index in [0.717, 1.165) is 16.9 Å². The number of carboxylic acid groups (broad SMARTS) is 1. The van der Waals surface area contributed by atoms with Crippen LogP contribution in [-0.2, 0) is 11.8 Å². The minimum atomic E-state index is -0.771. The summed E-state index contributed by atoms with van der Waals surface area (Å²) in [6.45, 7) is 0.648. The van der Waals surface area contributed by atoms with Crippen molar-refractivity contribution in [3.8, 4) is 0 Å². The van der Waals surface area contributed by atoms with Gasteiger partial charge in [0.25, 0.3) is 0 Å². The summed E-state index contributed by atoms with van der Waals surface area (Å²) in [5, 5.41) is 8.62. The molecule has 2 rings (SSSR count). The normalized spacial score (nSPS) is 10.8. The highest BCUT2D eigenvalue weighted by Gasteiger charge is 2.11. The Kier molecular flexibility index (Phi) is 3.45. The van der Waals surface area contributed by atoms with E-state index in [1.54, 1.807) is 12.5 Å². The first-order valence-electron chi connectivity index (χ1n) is 5.78. The van der Waals surface area contributed by atoms with Gasteiger partial charge in [-0.1, -0.05) is 0 Å². The molecule has 0 aromatic carbocycles. The quantitative estimate of drug-likeness (QED) is 0.862. The number of hydrogen-bond acceptors (Lipinski definition) is 4. The van der Waals surface area contributed by atoms with Gasteiger partial charge in [-0.2, -0.15) is 0 Å². The number of hydrogen-bond donors (Lipinski definition) is 1. The number of pyridine rings is 1. The first-order chi connectivity index (χ1) is 8.59. The van der Waals surface area contributed by atoms with Crippen LogP contribution in [0.25, 0.3) is 11.0 Å². The van der Waals surface area contributed by atoms with Crippen LogP contribution in [0.5, 0.6) is 0 Å². The van der Waals surface area contributed by atoms with Gasteiger partial charge >= 0.3 is 5.97 Å². The second kappa shape index (κ2) is 5.03. The predicted octanol–water partition coefficient (Wildman–Crippen LogP) is 1.27. The molecular weight excluding hydrogens is 232 g/mol. The molecule has 0 aliphatic rings. The summed E-state index contributed by atoms with van der Waals surface area (Å²) in [5.41, 5.74) is 1.86. The number of aliphatic carboxylic acids is 1. The van der Waals surface area contributed by atoms with Gasteiger partial charge in [0, 0.05) is 33.3 Å². The van der Waals surface area contributed by atoms with Crippen molar-refractivity contribution in [2.45, 2.75) is 12.8 Å². The Morgan fingerprint density at radius 2 is 2.28 bits per heavy atom. The summed E-state index contributed by atoms with van der Waals surface area (Å²) in [7, 11) is 3.84. The lowest BCUT2D eigenvalue weighted by atomic mass is 10.3. The van der Waals surface area contributed by atoms with Gasteiger partial charge in [0.2, 0.25) is 0 Å². The molecule has 2 aromatic heterocycles. The Balaban J connectivity index is 2.17. The average Bonchev–Trinajstić information content (AvgIpc) is 2.71. The number of carbonyl (C=O) groups is 1. The van der Waals surface area contributed by atoms with Gasteiger partial charge in [-0.3, -0.25) is 4.79 Å². The van der Waals surface area contributed by atoms with E-state index in [-0.39, 0.29) is 6.42 Å². The van der Waals surface area contributed by atoms with Crippen LogP contribution in [-0.4, -0.2) is 39.2 Å². The second-order valence-corrected chi connectivity index (χ2v) is 4.28. The van der Waals surface area contributed by atoms with Crippen molar-refractivity contribution >= 4 is 22.8 Å². The van der Waals surface area contributed by atoms with Crippen LogP contribution in [0.2, 0.25) is 0 Å². The van der Waals surface area contributed by atoms with E-state index in [9.17, 15) is 4.79 Å². The molecule has 0 spiro atoms. The number of rotatable bonds is 5. The summed E-state index contributed by atoms with van der Waals surface area (Å²) < 4.78 is 1.94. The van der Waals surface area contributed by atoms with Crippen molar-refractivity contribution in [2.75, 3.05) is 18.5 Å². The second-order valence-electron chi connectivity index (χ2n) is 4.28. The number of fused-ring (bicyclic) bond motifs is 1. The zero-order valence-corrected chi connectivity index (χ0v) is 10.5. The molecule has 0 amide bonds.